The number of ketones is 2. The number of aryl methyl sites for hydroxylation is 2. The van der Waals surface area contributed by atoms with Crippen molar-refractivity contribution >= 4 is 23.4 Å². The molecule has 7 fully saturated rings. The number of aromatic nitrogens is 2. The number of amides is 2. The molecule has 8 nitrogen and oxygen atoms in total. The summed E-state index contributed by atoms with van der Waals surface area (Å²) < 4.78 is 0. The Morgan fingerprint density at radius 2 is 1.39 bits per heavy atom. The third kappa shape index (κ3) is 2.05. The first-order valence-corrected chi connectivity index (χ1v) is 15.0. The minimum atomic E-state index is -0.518. The number of carbonyl (C=O) groups is 4. The van der Waals surface area contributed by atoms with Gasteiger partial charge >= 0.3 is 0 Å². The van der Waals surface area contributed by atoms with Crippen molar-refractivity contribution in [3.63, 3.8) is 0 Å². The first-order valence-electron chi connectivity index (χ1n) is 15.0. The van der Waals surface area contributed by atoms with Gasteiger partial charge in [-0.05, 0) is 73.6 Å². The molecule has 2 aromatic heterocycles. The third-order valence-electron chi connectivity index (χ3n) is 13.1. The number of allylic oxidation sites excluding steroid dienone is 4. The lowest BCUT2D eigenvalue weighted by Gasteiger charge is -2.69. The van der Waals surface area contributed by atoms with Crippen molar-refractivity contribution in [3.8, 4) is 0 Å². The summed E-state index contributed by atoms with van der Waals surface area (Å²) >= 11 is 0. The normalized spacial score (nSPS) is 43.0. The van der Waals surface area contributed by atoms with Gasteiger partial charge in [-0.1, -0.05) is 13.8 Å². The monoisotopic (exact) mass is 548 g/mol. The second-order valence-electron chi connectivity index (χ2n) is 15.0. The van der Waals surface area contributed by atoms with E-state index in [1.165, 1.54) is 0 Å². The highest BCUT2D eigenvalue weighted by Crippen LogP contribution is 2.80. The maximum absolute atomic E-state index is 14.2. The van der Waals surface area contributed by atoms with Crippen LogP contribution in [0.15, 0.2) is 35.9 Å². The minimum absolute atomic E-state index is 0.0540. The average Bonchev–Trinajstić information content (AvgIpc) is 3.29. The van der Waals surface area contributed by atoms with Gasteiger partial charge in [0.15, 0.2) is 0 Å². The van der Waals surface area contributed by atoms with Gasteiger partial charge in [0.05, 0.1) is 22.2 Å². The Balaban J connectivity index is 0.930. The number of nitrogens with one attached hydrogen (secondary N) is 2. The molecule has 2 aliphatic heterocycles. The van der Waals surface area contributed by atoms with Crippen molar-refractivity contribution < 1.29 is 19.2 Å². The van der Waals surface area contributed by atoms with E-state index in [2.05, 4.69) is 23.8 Å². The quantitative estimate of drug-likeness (QED) is 0.595. The highest BCUT2D eigenvalue weighted by Gasteiger charge is 2.82. The van der Waals surface area contributed by atoms with Gasteiger partial charge in [-0.2, -0.15) is 0 Å². The van der Waals surface area contributed by atoms with Crippen molar-refractivity contribution in [2.45, 2.75) is 64.2 Å². The number of hydrogen-bond acceptors (Lipinski definition) is 4. The van der Waals surface area contributed by atoms with Crippen LogP contribution in [0.5, 0.6) is 0 Å². The summed E-state index contributed by atoms with van der Waals surface area (Å²) in [6, 6.07) is 0. The fourth-order valence-electron chi connectivity index (χ4n) is 11.2. The summed E-state index contributed by atoms with van der Waals surface area (Å²) in [6.07, 6.45) is 9.86. The van der Waals surface area contributed by atoms with E-state index in [9.17, 15) is 19.2 Å². The number of rotatable bonds is 2. The van der Waals surface area contributed by atoms with Crippen LogP contribution in [0.2, 0.25) is 0 Å². The van der Waals surface area contributed by atoms with Crippen LogP contribution >= 0.6 is 0 Å². The number of hydrogen-bond donors (Lipinski definition) is 2. The molecule has 2 N–H and O–H groups in total. The van der Waals surface area contributed by atoms with Gasteiger partial charge < -0.3 is 19.8 Å². The van der Waals surface area contributed by atoms with E-state index in [4.69, 9.17) is 0 Å². The van der Waals surface area contributed by atoms with E-state index >= 15 is 0 Å². The van der Waals surface area contributed by atoms with E-state index in [1.807, 2.05) is 36.0 Å². The maximum atomic E-state index is 14.2. The van der Waals surface area contributed by atoms with Crippen molar-refractivity contribution in [1.82, 2.24) is 19.8 Å². The fourth-order valence-corrected chi connectivity index (χ4v) is 11.2. The van der Waals surface area contributed by atoms with Crippen LogP contribution in [0, 0.1) is 41.9 Å². The summed E-state index contributed by atoms with van der Waals surface area (Å²) in [6.45, 7) is 9.83. The van der Waals surface area contributed by atoms with E-state index in [0.29, 0.717) is 55.6 Å². The molecule has 4 heterocycles. The Morgan fingerprint density at radius 1 is 0.829 bits per heavy atom. The molecule has 5 saturated carbocycles. The van der Waals surface area contributed by atoms with Crippen LogP contribution in [0.1, 0.15) is 82.8 Å². The SMILES string of the molecule is Cc1c[nH]c2c1[C@]13C(=CC2=O)N(C(=O)C24CC(C(=O)N5CC6(C)C[C@@]67C5=CC(=O)c5[nH]cc(C)c57)(C2)C4)C[C@H]1[C@H]3C. The summed E-state index contributed by atoms with van der Waals surface area (Å²) in [5, 5.41) is 0. The number of carbonyl (C=O) groups excluding carboxylic acids is 4. The van der Waals surface area contributed by atoms with Gasteiger partial charge in [0.2, 0.25) is 23.4 Å². The van der Waals surface area contributed by atoms with Gasteiger partial charge in [0.1, 0.15) is 0 Å². The molecule has 2 aromatic rings. The Bertz CT molecular complexity index is 1820. The van der Waals surface area contributed by atoms with Crippen LogP contribution in [-0.2, 0) is 20.4 Å². The lowest BCUT2D eigenvalue weighted by atomic mass is 9.34. The number of piperidine rings is 2. The molecule has 2 saturated heterocycles. The Hall–Kier alpha value is -3.68. The lowest BCUT2D eigenvalue weighted by Crippen LogP contribution is -2.72. The molecular formula is C33H32N4O4. The molecule has 9 aliphatic rings. The van der Waals surface area contributed by atoms with Gasteiger partial charge in [0, 0.05) is 65.3 Å². The number of likely N-dealkylation sites (tertiary alicyclic amines) is 2. The minimum Gasteiger partial charge on any atom is -0.358 e. The standard InChI is InChI=1S/C33H32N4O4/c1-15-7-34-25-19(38)5-21-32(23(15)25)10-29(32,4)14-37(21)28(41)31-11-30(12-31,13-31)27(40)36-9-18-17(3)33(18)22(36)6-20(39)26-24(33)16(2)8-35-26/h5-8,17-18,34-35H,9-14H2,1-4H3/t17-,18+,29?,30?,31?,32+,33+/m1/s1. The molecule has 8 heteroatoms. The molecule has 1 unspecified atom stereocenters. The van der Waals surface area contributed by atoms with Gasteiger partial charge in [0.25, 0.3) is 0 Å². The molecule has 5 atom stereocenters. The Labute approximate surface area is 237 Å². The third-order valence-corrected chi connectivity index (χ3v) is 13.1. The van der Waals surface area contributed by atoms with Crippen molar-refractivity contribution in [2.24, 2.45) is 28.1 Å². The Morgan fingerprint density at radius 3 is 2.05 bits per heavy atom. The predicted molar refractivity (Wildman–Crippen MR) is 147 cm³/mol. The van der Waals surface area contributed by atoms with Crippen molar-refractivity contribution in [1.29, 1.82) is 0 Å². The predicted octanol–water partition coefficient (Wildman–Crippen LogP) is 3.83. The molecule has 41 heavy (non-hydrogen) atoms. The summed E-state index contributed by atoms with van der Waals surface area (Å²) in [7, 11) is 0. The van der Waals surface area contributed by atoms with Crippen LogP contribution in [0.25, 0.3) is 0 Å². The molecule has 2 bridgehead atoms. The zero-order valence-corrected chi connectivity index (χ0v) is 23.7. The second-order valence-corrected chi connectivity index (χ2v) is 15.0. The van der Waals surface area contributed by atoms with Crippen LogP contribution in [-0.4, -0.2) is 56.2 Å². The average molecular weight is 549 g/mol. The highest BCUT2D eigenvalue weighted by molar-refractivity contribution is 6.10. The molecule has 7 aliphatic carbocycles. The van der Waals surface area contributed by atoms with Gasteiger partial charge in [-0.25, -0.2) is 0 Å². The Kier molecular flexibility index (Phi) is 3.40. The number of nitrogens with zero attached hydrogens (tertiary/aromatic N) is 2. The highest BCUT2D eigenvalue weighted by atomic mass is 16.2. The zero-order valence-electron chi connectivity index (χ0n) is 23.7. The molecule has 0 aromatic carbocycles. The smallest absolute Gasteiger partial charge is 0.233 e. The van der Waals surface area contributed by atoms with Crippen molar-refractivity contribution in [3.05, 3.63) is 69.6 Å². The zero-order chi connectivity index (χ0) is 28.2. The first kappa shape index (κ1) is 22.9. The number of fused-ring (bicyclic) bond motifs is 2. The number of H-pyrrole nitrogens is 2. The molecule has 2 spiro atoms. The van der Waals surface area contributed by atoms with Crippen molar-refractivity contribution in [2.75, 3.05) is 13.1 Å². The van der Waals surface area contributed by atoms with E-state index < -0.39 is 10.8 Å². The lowest BCUT2D eigenvalue weighted by molar-refractivity contribution is -0.219. The van der Waals surface area contributed by atoms with Crippen LogP contribution in [0.3, 0.4) is 0 Å². The van der Waals surface area contributed by atoms with E-state index in [0.717, 1.165) is 40.1 Å². The summed E-state index contributed by atoms with van der Waals surface area (Å²) in [5.41, 5.74) is 5.84. The summed E-state index contributed by atoms with van der Waals surface area (Å²) in [5.74, 6) is 0.790. The molecular weight excluding hydrogens is 516 g/mol. The van der Waals surface area contributed by atoms with E-state index in [-0.39, 0.29) is 39.6 Å². The fraction of sp³-hybridized carbons (Fsp3) is 0.515. The number of aromatic amines is 2. The van der Waals surface area contributed by atoms with Crippen LogP contribution in [0.4, 0.5) is 0 Å². The van der Waals surface area contributed by atoms with Crippen LogP contribution < -0.4 is 0 Å². The van der Waals surface area contributed by atoms with Gasteiger partial charge in [-0.3, -0.25) is 19.2 Å². The van der Waals surface area contributed by atoms with Gasteiger partial charge in [-0.15, -0.1) is 0 Å². The molecule has 2 amide bonds. The topological polar surface area (TPSA) is 106 Å². The molecule has 0 radical (unpaired) electrons. The second kappa shape index (κ2) is 6.08. The van der Waals surface area contributed by atoms with E-state index in [1.54, 1.807) is 12.2 Å². The first-order chi connectivity index (χ1) is 19.4. The summed E-state index contributed by atoms with van der Waals surface area (Å²) in [4.78, 5) is 64.6. The largest absolute Gasteiger partial charge is 0.358 e. The molecule has 11 rings (SSSR count). The maximum Gasteiger partial charge on any atom is 0.233 e. The molecule has 208 valence electrons.